The minimum absolute atomic E-state index is 0.0506. The zero-order valence-electron chi connectivity index (χ0n) is 14.7. The van der Waals surface area contributed by atoms with Gasteiger partial charge in [0.15, 0.2) is 5.65 Å². The number of aromatic nitrogens is 4. The second-order valence-electron chi connectivity index (χ2n) is 6.40. The Kier molecular flexibility index (Phi) is 4.31. The van der Waals surface area contributed by atoms with Crippen LogP contribution < -0.4 is 4.90 Å². The normalized spacial score (nSPS) is 17.3. The number of pyridine rings is 1. The summed E-state index contributed by atoms with van der Waals surface area (Å²) in [5, 5.41) is 13.3. The van der Waals surface area contributed by atoms with Crippen molar-refractivity contribution in [3.63, 3.8) is 0 Å². The van der Waals surface area contributed by atoms with E-state index >= 15 is 0 Å². The van der Waals surface area contributed by atoms with E-state index < -0.39 is 5.97 Å². The molecule has 1 N–H and O–H groups in total. The Hall–Kier alpha value is -3.29. The maximum Gasteiger partial charge on any atom is 0.341 e. The van der Waals surface area contributed by atoms with Gasteiger partial charge in [0, 0.05) is 18.3 Å². The minimum atomic E-state index is -1.07. The highest BCUT2D eigenvalue weighted by molar-refractivity contribution is 5.94. The fourth-order valence-corrected chi connectivity index (χ4v) is 3.56. The van der Waals surface area contributed by atoms with E-state index in [0.717, 1.165) is 30.6 Å². The molecule has 4 heterocycles. The Bertz CT molecular complexity index is 1050. The van der Waals surface area contributed by atoms with Gasteiger partial charge in [-0.25, -0.2) is 18.7 Å². The molecule has 1 aliphatic rings. The van der Waals surface area contributed by atoms with Crippen molar-refractivity contribution in [2.75, 3.05) is 11.4 Å². The third kappa shape index (κ3) is 3.03. The Morgan fingerprint density at radius 3 is 3.04 bits per heavy atom. The molecule has 1 saturated heterocycles. The molecule has 1 aliphatic heterocycles. The first-order valence-corrected chi connectivity index (χ1v) is 8.71. The number of nitrogens with zero attached hydrogens (tertiary/aromatic N) is 5. The molecule has 8 heteroatoms. The lowest BCUT2D eigenvalue weighted by Gasteiger charge is -2.27. The average Bonchev–Trinajstić information content (AvgIpc) is 3.29. The number of hydrogen-bond acceptors (Lipinski definition) is 5. The first-order valence-electron chi connectivity index (χ1n) is 8.71. The molecular weight excluding hydrogens is 349 g/mol. The number of carbonyl (C=O) groups is 1. The van der Waals surface area contributed by atoms with E-state index in [1.807, 2.05) is 19.1 Å². The summed E-state index contributed by atoms with van der Waals surface area (Å²) in [6.45, 7) is 2.64. The van der Waals surface area contributed by atoms with Crippen LogP contribution in [0, 0.1) is 5.82 Å². The van der Waals surface area contributed by atoms with Gasteiger partial charge in [0.05, 0.1) is 24.1 Å². The highest BCUT2D eigenvalue weighted by Crippen LogP contribution is 2.37. The lowest BCUT2D eigenvalue weighted by molar-refractivity contribution is 0.0698. The van der Waals surface area contributed by atoms with Gasteiger partial charge in [-0.1, -0.05) is 6.08 Å². The second kappa shape index (κ2) is 6.79. The van der Waals surface area contributed by atoms with Crippen LogP contribution >= 0.6 is 0 Å². The number of allylic oxidation sites excluding steroid dienone is 1. The Morgan fingerprint density at radius 2 is 2.26 bits per heavy atom. The van der Waals surface area contributed by atoms with Gasteiger partial charge in [0.25, 0.3) is 0 Å². The molecule has 138 valence electrons. The highest BCUT2D eigenvalue weighted by atomic mass is 19.1. The van der Waals surface area contributed by atoms with Crippen LogP contribution in [0.25, 0.3) is 11.7 Å². The lowest BCUT2D eigenvalue weighted by Crippen LogP contribution is -2.24. The van der Waals surface area contributed by atoms with Crippen LogP contribution in [0.15, 0.2) is 36.8 Å². The largest absolute Gasteiger partial charge is 0.477 e. The molecule has 7 nitrogen and oxygen atoms in total. The number of fused-ring (bicyclic) bond motifs is 1. The van der Waals surface area contributed by atoms with Crippen molar-refractivity contribution in [1.29, 1.82) is 0 Å². The van der Waals surface area contributed by atoms with Gasteiger partial charge in [-0.2, -0.15) is 5.10 Å². The molecule has 0 bridgehead atoms. The van der Waals surface area contributed by atoms with Crippen LogP contribution in [0.4, 0.5) is 10.2 Å². The van der Waals surface area contributed by atoms with Crippen molar-refractivity contribution in [2.45, 2.75) is 25.8 Å². The molecule has 0 aliphatic carbocycles. The standard InChI is InChI=1S/C19H18FN5O2/c1-2-4-15-13(9-12(20)10-21-15)16-5-3-7-24(16)17-6-8-25-18(23-17)14(11-22-25)19(26)27/h2,4,6,8-11,16H,3,5,7H2,1H3,(H,26,27). The van der Waals surface area contributed by atoms with Crippen LogP contribution in [0.3, 0.4) is 0 Å². The van der Waals surface area contributed by atoms with Crippen molar-refractivity contribution >= 4 is 23.5 Å². The van der Waals surface area contributed by atoms with Crippen molar-refractivity contribution in [2.24, 2.45) is 0 Å². The first-order chi connectivity index (χ1) is 13.1. The molecule has 1 fully saturated rings. The van der Waals surface area contributed by atoms with E-state index in [4.69, 9.17) is 0 Å². The fourth-order valence-electron chi connectivity index (χ4n) is 3.56. The molecule has 3 aromatic heterocycles. The monoisotopic (exact) mass is 367 g/mol. The maximum absolute atomic E-state index is 13.9. The molecule has 0 saturated carbocycles. The predicted molar refractivity (Wildman–Crippen MR) is 98.2 cm³/mol. The van der Waals surface area contributed by atoms with Gasteiger partial charge in [-0.3, -0.25) is 4.98 Å². The smallest absolute Gasteiger partial charge is 0.341 e. The van der Waals surface area contributed by atoms with Gasteiger partial charge < -0.3 is 10.0 Å². The highest BCUT2D eigenvalue weighted by Gasteiger charge is 2.30. The lowest BCUT2D eigenvalue weighted by atomic mass is 10.0. The number of halogens is 1. The summed E-state index contributed by atoms with van der Waals surface area (Å²) in [6.07, 6.45) is 9.70. The molecule has 27 heavy (non-hydrogen) atoms. The van der Waals surface area contributed by atoms with E-state index in [2.05, 4.69) is 20.0 Å². The van der Waals surface area contributed by atoms with Crippen molar-refractivity contribution in [1.82, 2.24) is 19.6 Å². The zero-order chi connectivity index (χ0) is 19.0. The van der Waals surface area contributed by atoms with Gasteiger partial charge in [0.1, 0.15) is 17.2 Å². The number of carboxylic acid groups (broad SMARTS) is 1. The van der Waals surface area contributed by atoms with Gasteiger partial charge >= 0.3 is 5.97 Å². The second-order valence-corrected chi connectivity index (χ2v) is 6.40. The van der Waals surface area contributed by atoms with Crippen molar-refractivity contribution in [3.8, 4) is 0 Å². The van der Waals surface area contributed by atoms with Crippen LogP contribution in [0.1, 0.15) is 47.4 Å². The fraction of sp³-hybridized carbons (Fsp3) is 0.263. The SMILES string of the molecule is CC=Cc1ncc(F)cc1C1CCCN1c1ccn2ncc(C(=O)O)c2n1. The molecule has 0 aromatic carbocycles. The Morgan fingerprint density at radius 1 is 1.41 bits per heavy atom. The number of hydrogen-bond donors (Lipinski definition) is 1. The number of carboxylic acids is 1. The number of anilines is 1. The summed E-state index contributed by atoms with van der Waals surface area (Å²) >= 11 is 0. The maximum atomic E-state index is 13.9. The number of aromatic carboxylic acids is 1. The summed E-state index contributed by atoms with van der Waals surface area (Å²) in [4.78, 5) is 22.2. The van der Waals surface area contributed by atoms with Crippen LogP contribution in [0.2, 0.25) is 0 Å². The Labute approximate surface area is 154 Å². The summed E-state index contributed by atoms with van der Waals surface area (Å²) in [5.41, 5.74) is 1.87. The minimum Gasteiger partial charge on any atom is -0.477 e. The molecular formula is C19H18FN5O2. The van der Waals surface area contributed by atoms with Gasteiger partial charge in [0.2, 0.25) is 0 Å². The Balaban J connectivity index is 1.78. The summed E-state index contributed by atoms with van der Waals surface area (Å²) in [6, 6.07) is 3.24. The van der Waals surface area contributed by atoms with Crippen LogP contribution in [0.5, 0.6) is 0 Å². The number of rotatable bonds is 4. The molecule has 3 aromatic rings. The van der Waals surface area contributed by atoms with E-state index in [1.165, 1.54) is 23.0 Å². The van der Waals surface area contributed by atoms with Crippen LogP contribution in [-0.2, 0) is 0 Å². The van der Waals surface area contributed by atoms with Gasteiger partial charge in [-0.05, 0) is 38.0 Å². The molecule has 1 unspecified atom stereocenters. The van der Waals surface area contributed by atoms with E-state index in [1.54, 1.807) is 12.3 Å². The zero-order valence-corrected chi connectivity index (χ0v) is 14.7. The van der Waals surface area contributed by atoms with Crippen molar-refractivity contribution < 1.29 is 14.3 Å². The van der Waals surface area contributed by atoms with Crippen LogP contribution in [-0.4, -0.2) is 37.2 Å². The topological polar surface area (TPSA) is 83.6 Å². The first kappa shape index (κ1) is 17.1. The summed E-state index contributed by atoms with van der Waals surface area (Å²) < 4.78 is 15.3. The van der Waals surface area contributed by atoms with Gasteiger partial charge in [-0.15, -0.1) is 0 Å². The summed E-state index contributed by atoms with van der Waals surface area (Å²) in [7, 11) is 0. The summed E-state index contributed by atoms with van der Waals surface area (Å²) in [5.74, 6) is -0.807. The van der Waals surface area contributed by atoms with Crippen molar-refractivity contribution in [3.05, 3.63) is 59.4 Å². The third-order valence-electron chi connectivity index (χ3n) is 4.73. The predicted octanol–water partition coefficient (Wildman–Crippen LogP) is 3.34. The van der Waals surface area contributed by atoms with E-state index in [-0.39, 0.29) is 23.1 Å². The molecule has 0 spiro atoms. The average molecular weight is 367 g/mol. The molecule has 4 rings (SSSR count). The van der Waals surface area contributed by atoms with E-state index in [9.17, 15) is 14.3 Å². The molecule has 0 amide bonds. The quantitative estimate of drug-likeness (QED) is 0.761. The van der Waals surface area contributed by atoms with E-state index in [0.29, 0.717) is 5.82 Å². The molecule has 0 radical (unpaired) electrons. The third-order valence-corrected chi connectivity index (χ3v) is 4.73. The molecule has 1 atom stereocenters.